The van der Waals surface area contributed by atoms with E-state index in [1.807, 2.05) is 6.92 Å². The smallest absolute Gasteiger partial charge is 0.352 e. The Balaban J connectivity index is 1.80. The first-order chi connectivity index (χ1) is 10.9. The van der Waals surface area contributed by atoms with Gasteiger partial charge in [-0.05, 0) is 31.0 Å². The molecule has 1 aromatic heterocycles. The molecule has 122 valence electrons. The summed E-state index contributed by atoms with van der Waals surface area (Å²) >= 11 is 0. The molecule has 0 radical (unpaired) electrons. The highest BCUT2D eigenvalue weighted by Crippen LogP contribution is 2.20. The van der Waals surface area contributed by atoms with Gasteiger partial charge >= 0.3 is 5.69 Å². The SMILES string of the molecule is C[C@@H]1CCn2c(cc(OCc3cc(F)c(F)c(F)c3)nc2=O)N1. The second-order valence-corrected chi connectivity index (χ2v) is 5.41. The number of hydrogen-bond donors (Lipinski definition) is 1. The monoisotopic (exact) mass is 325 g/mol. The number of benzene rings is 1. The summed E-state index contributed by atoms with van der Waals surface area (Å²) in [5.41, 5.74) is -0.365. The van der Waals surface area contributed by atoms with Gasteiger partial charge in [0.25, 0.3) is 0 Å². The van der Waals surface area contributed by atoms with Gasteiger partial charge in [0.05, 0.1) is 0 Å². The highest BCUT2D eigenvalue weighted by molar-refractivity contribution is 5.41. The van der Waals surface area contributed by atoms with Crippen molar-refractivity contribution in [3.63, 3.8) is 0 Å². The molecule has 0 amide bonds. The molecular weight excluding hydrogens is 311 g/mol. The van der Waals surface area contributed by atoms with Crippen molar-refractivity contribution in [3.05, 3.63) is 51.7 Å². The molecular formula is C15H14F3N3O2. The van der Waals surface area contributed by atoms with E-state index in [-0.39, 0.29) is 24.1 Å². The number of aromatic nitrogens is 2. The summed E-state index contributed by atoms with van der Waals surface area (Å²) < 4.78 is 46.0. The van der Waals surface area contributed by atoms with Crippen LogP contribution in [0.1, 0.15) is 18.9 Å². The van der Waals surface area contributed by atoms with E-state index in [1.54, 1.807) is 6.07 Å². The van der Waals surface area contributed by atoms with Crippen LogP contribution in [0.15, 0.2) is 23.0 Å². The van der Waals surface area contributed by atoms with E-state index in [2.05, 4.69) is 10.3 Å². The minimum Gasteiger partial charge on any atom is -0.473 e. The van der Waals surface area contributed by atoms with Crippen molar-refractivity contribution in [2.75, 3.05) is 5.32 Å². The fourth-order valence-corrected chi connectivity index (χ4v) is 2.39. The van der Waals surface area contributed by atoms with E-state index in [4.69, 9.17) is 4.74 Å². The van der Waals surface area contributed by atoms with E-state index < -0.39 is 23.1 Å². The lowest BCUT2D eigenvalue weighted by Gasteiger charge is -2.25. The van der Waals surface area contributed by atoms with Gasteiger partial charge < -0.3 is 10.1 Å². The third kappa shape index (κ3) is 3.15. The van der Waals surface area contributed by atoms with Crippen LogP contribution < -0.4 is 15.7 Å². The number of nitrogens with zero attached hydrogens (tertiary/aromatic N) is 2. The zero-order valence-electron chi connectivity index (χ0n) is 12.3. The lowest BCUT2D eigenvalue weighted by atomic mass is 10.2. The summed E-state index contributed by atoms with van der Waals surface area (Å²) in [6, 6.07) is 3.44. The molecule has 1 atom stereocenters. The topological polar surface area (TPSA) is 56.2 Å². The maximum absolute atomic E-state index is 13.1. The van der Waals surface area contributed by atoms with Crippen LogP contribution in [0.2, 0.25) is 0 Å². The summed E-state index contributed by atoms with van der Waals surface area (Å²) in [7, 11) is 0. The molecule has 1 aromatic carbocycles. The van der Waals surface area contributed by atoms with Crippen molar-refractivity contribution >= 4 is 5.82 Å². The van der Waals surface area contributed by atoms with Crippen LogP contribution in [-0.4, -0.2) is 15.6 Å². The Morgan fingerprint density at radius 1 is 1.30 bits per heavy atom. The summed E-state index contributed by atoms with van der Waals surface area (Å²) in [5.74, 6) is -3.50. The summed E-state index contributed by atoms with van der Waals surface area (Å²) in [5, 5.41) is 3.14. The van der Waals surface area contributed by atoms with E-state index in [0.717, 1.165) is 18.6 Å². The minimum absolute atomic E-state index is 0.0352. The molecule has 5 nitrogen and oxygen atoms in total. The van der Waals surface area contributed by atoms with Crippen LogP contribution in [0.5, 0.6) is 5.88 Å². The first kappa shape index (κ1) is 15.4. The standard InChI is InChI=1S/C15H14F3N3O2/c1-8-2-3-21-12(19-8)6-13(20-15(21)22)23-7-9-4-10(16)14(18)11(17)5-9/h4-6,8,19H,2-3,7H2,1H3/t8-/m1/s1. The Bertz CT molecular complexity index is 784. The molecule has 0 aliphatic carbocycles. The van der Waals surface area contributed by atoms with Crippen LogP contribution in [0.25, 0.3) is 0 Å². The number of halogens is 3. The molecule has 2 aromatic rings. The first-order valence-electron chi connectivity index (χ1n) is 7.08. The number of anilines is 1. The molecule has 3 rings (SSSR count). The summed E-state index contributed by atoms with van der Waals surface area (Å²) in [4.78, 5) is 15.7. The Morgan fingerprint density at radius 2 is 2.00 bits per heavy atom. The number of rotatable bonds is 3. The fourth-order valence-electron chi connectivity index (χ4n) is 2.39. The van der Waals surface area contributed by atoms with Gasteiger partial charge in [-0.25, -0.2) is 18.0 Å². The molecule has 1 aliphatic rings. The Hall–Kier alpha value is -2.51. The first-order valence-corrected chi connectivity index (χ1v) is 7.08. The van der Waals surface area contributed by atoms with Gasteiger partial charge in [0, 0.05) is 18.7 Å². The van der Waals surface area contributed by atoms with Crippen molar-refractivity contribution in [2.24, 2.45) is 0 Å². The van der Waals surface area contributed by atoms with Crippen LogP contribution in [0, 0.1) is 17.5 Å². The Kier molecular flexibility index (Phi) is 3.97. The number of nitrogens with one attached hydrogen (secondary N) is 1. The number of fused-ring (bicyclic) bond motifs is 1. The summed E-state index contributed by atoms with van der Waals surface area (Å²) in [6.45, 7) is 2.31. The van der Waals surface area contributed by atoms with Crippen LogP contribution >= 0.6 is 0 Å². The van der Waals surface area contributed by atoms with E-state index in [0.29, 0.717) is 12.4 Å². The largest absolute Gasteiger partial charge is 0.473 e. The molecule has 0 bridgehead atoms. The molecule has 0 unspecified atom stereocenters. The predicted octanol–water partition coefficient (Wildman–Crippen LogP) is 2.44. The van der Waals surface area contributed by atoms with Gasteiger partial charge in [0.15, 0.2) is 17.5 Å². The molecule has 0 spiro atoms. The molecule has 0 fully saturated rings. The molecule has 2 heterocycles. The molecule has 8 heteroatoms. The van der Waals surface area contributed by atoms with Crippen molar-refractivity contribution in [1.29, 1.82) is 0 Å². The molecule has 23 heavy (non-hydrogen) atoms. The van der Waals surface area contributed by atoms with Gasteiger partial charge in [-0.3, -0.25) is 4.57 Å². The zero-order valence-corrected chi connectivity index (χ0v) is 12.3. The third-order valence-corrected chi connectivity index (χ3v) is 3.60. The lowest BCUT2D eigenvalue weighted by Crippen LogP contribution is -2.34. The lowest BCUT2D eigenvalue weighted by molar-refractivity contribution is 0.288. The van der Waals surface area contributed by atoms with Crippen LogP contribution in [0.3, 0.4) is 0 Å². The van der Waals surface area contributed by atoms with Crippen molar-refractivity contribution < 1.29 is 17.9 Å². The van der Waals surface area contributed by atoms with Crippen molar-refractivity contribution in [2.45, 2.75) is 32.5 Å². The fraction of sp³-hybridized carbons (Fsp3) is 0.333. The average Bonchev–Trinajstić information content (AvgIpc) is 2.50. The van der Waals surface area contributed by atoms with E-state index in [1.165, 1.54) is 4.57 Å². The third-order valence-electron chi connectivity index (χ3n) is 3.60. The number of ether oxygens (including phenoxy) is 1. The maximum Gasteiger partial charge on any atom is 0.352 e. The predicted molar refractivity (Wildman–Crippen MR) is 76.8 cm³/mol. The normalized spacial score (nSPS) is 16.6. The molecule has 1 aliphatic heterocycles. The second kappa shape index (κ2) is 5.94. The highest BCUT2D eigenvalue weighted by Gasteiger charge is 2.17. The zero-order chi connectivity index (χ0) is 16.6. The van der Waals surface area contributed by atoms with Crippen molar-refractivity contribution in [3.8, 4) is 5.88 Å². The molecule has 0 saturated heterocycles. The van der Waals surface area contributed by atoms with Gasteiger partial charge in [-0.1, -0.05) is 0 Å². The summed E-state index contributed by atoms with van der Waals surface area (Å²) in [6.07, 6.45) is 0.808. The van der Waals surface area contributed by atoms with Gasteiger partial charge in [-0.2, -0.15) is 4.98 Å². The van der Waals surface area contributed by atoms with Gasteiger partial charge in [-0.15, -0.1) is 0 Å². The van der Waals surface area contributed by atoms with Gasteiger partial charge in [0.2, 0.25) is 5.88 Å². The minimum atomic E-state index is -1.53. The number of hydrogen-bond acceptors (Lipinski definition) is 4. The van der Waals surface area contributed by atoms with Crippen LogP contribution in [-0.2, 0) is 13.2 Å². The Morgan fingerprint density at radius 3 is 2.70 bits per heavy atom. The highest BCUT2D eigenvalue weighted by atomic mass is 19.2. The Labute approximate surface area is 129 Å². The van der Waals surface area contributed by atoms with E-state index in [9.17, 15) is 18.0 Å². The van der Waals surface area contributed by atoms with Gasteiger partial charge in [0.1, 0.15) is 12.4 Å². The molecule has 0 saturated carbocycles. The average molecular weight is 325 g/mol. The van der Waals surface area contributed by atoms with E-state index >= 15 is 0 Å². The molecule has 1 N–H and O–H groups in total. The van der Waals surface area contributed by atoms with Crippen LogP contribution in [0.4, 0.5) is 19.0 Å². The van der Waals surface area contributed by atoms with Crippen molar-refractivity contribution in [1.82, 2.24) is 9.55 Å². The second-order valence-electron chi connectivity index (χ2n) is 5.41. The maximum atomic E-state index is 13.1. The quantitative estimate of drug-likeness (QED) is 0.881.